The van der Waals surface area contributed by atoms with Crippen LogP contribution in [0.25, 0.3) is 0 Å². The Morgan fingerprint density at radius 1 is 1.38 bits per heavy atom. The van der Waals surface area contributed by atoms with E-state index in [2.05, 4.69) is 5.32 Å². The van der Waals surface area contributed by atoms with E-state index in [-0.39, 0.29) is 6.61 Å². The highest BCUT2D eigenvalue weighted by Crippen LogP contribution is 2.29. The minimum Gasteiger partial charge on any atom is -0.495 e. The second-order valence-corrected chi connectivity index (χ2v) is 3.88. The maximum absolute atomic E-state index is 9.28. The fraction of sp³-hybridized carbons (Fsp3) is 0.500. The van der Waals surface area contributed by atoms with Gasteiger partial charge in [0.1, 0.15) is 5.75 Å². The molecule has 16 heavy (non-hydrogen) atoms. The Hall–Kier alpha value is -1.26. The van der Waals surface area contributed by atoms with E-state index in [1.165, 1.54) is 0 Å². The number of nitrogens with one attached hydrogen (secondary N) is 1. The second-order valence-electron chi connectivity index (χ2n) is 3.88. The molecule has 4 heteroatoms. The summed E-state index contributed by atoms with van der Waals surface area (Å²) < 4.78 is 5.27. The molecule has 0 aliphatic rings. The fourth-order valence-corrected chi connectivity index (χ4v) is 1.60. The minimum atomic E-state index is -0.759. The highest BCUT2D eigenvalue weighted by atomic mass is 16.5. The van der Waals surface area contributed by atoms with E-state index in [1.807, 2.05) is 26.0 Å². The lowest BCUT2D eigenvalue weighted by atomic mass is 10.1. The van der Waals surface area contributed by atoms with Crippen molar-refractivity contribution in [3.8, 4) is 5.75 Å². The van der Waals surface area contributed by atoms with Crippen LogP contribution in [0.4, 0.5) is 5.69 Å². The fourth-order valence-electron chi connectivity index (χ4n) is 1.60. The normalized spacial score (nSPS) is 12.3. The molecule has 0 heterocycles. The molecule has 4 nitrogen and oxygen atoms in total. The molecule has 1 aromatic carbocycles. The minimum absolute atomic E-state index is 0.250. The number of hydrogen-bond acceptors (Lipinski definition) is 4. The number of methoxy groups -OCH3 is 1. The van der Waals surface area contributed by atoms with Gasteiger partial charge in [-0.05, 0) is 31.0 Å². The molecule has 1 atom stereocenters. The van der Waals surface area contributed by atoms with E-state index in [0.717, 1.165) is 22.6 Å². The van der Waals surface area contributed by atoms with Crippen molar-refractivity contribution >= 4 is 5.69 Å². The van der Waals surface area contributed by atoms with Crippen molar-refractivity contribution in [3.63, 3.8) is 0 Å². The number of anilines is 1. The summed E-state index contributed by atoms with van der Waals surface area (Å²) in [7, 11) is 1.61. The first kappa shape index (κ1) is 12.8. The molecule has 1 rings (SSSR count). The first-order chi connectivity index (χ1) is 7.58. The molecule has 0 spiro atoms. The summed E-state index contributed by atoms with van der Waals surface area (Å²) in [5, 5.41) is 21.1. The second kappa shape index (κ2) is 5.72. The number of aliphatic hydroxyl groups excluding tert-OH is 2. The number of rotatable bonds is 5. The van der Waals surface area contributed by atoms with Gasteiger partial charge < -0.3 is 20.3 Å². The summed E-state index contributed by atoms with van der Waals surface area (Å²) in [6, 6.07) is 3.97. The number of benzene rings is 1. The lowest BCUT2D eigenvalue weighted by molar-refractivity contribution is 0.105. The van der Waals surface area contributed by atoms with E-state index in [1.54, 1.807) is 7.11 Å². The molecule has 90 valence electrons. The van der Waals surface area contributed by atoms with Crippen molar-refractivity contribution in [3.05, 3.63) is 23.3 Å². The van der Waals surface area contributed by atoms with Crippen molar-refractivity contribution in [2.45, 2.75) is 20.0 Å². The molecule has 0 bridgehead atoms. The van der Waals surface area contributed by atoms with Crippen LogP contribution in [-0.4, -0.2) is 36.6 Å². The maximum atomic E-state index is 9.28. The van der Waals surface area contributed by atoms with Crippen molar-refractivity contribution in [1.82, 2.24) is 0 Å². The van der Waals surface area contributed by atoms with Gasteiger partial charge in [-0.15, -0.1) is 0 Å². The van der Waals surface area contributed by atoms with Crippen LogP contribution < -0.4 is 10.1 Å². The third-order valence-electron chi connectivity index (χ3n) is 2.39. The maximum Gasteiger partial charge on any atom is 0.142 e. The molecule has 0 aliphatic heterocycles. The smallest absolute Gasteiger partial charge is 0.142 e. The molecule has 0 amide bonds. The van der Waals surface area contributed by atoms with Gasteiger partial charge in [-0.2, -0.15) is 0 Å². The Morgan fingerprint density at radius 3 is 2.62 bits per heavy atom. The van der Waals surface area contributed by atoms with Crippen LogP contribution >= 0.6 is 0 Å². The highest BCUT2D eigenvalue weighted by molar-refractivity contribution is 5.63. The Kier molecular flexibility index (Phi) is 4.58. The van der Waals surface area contributed by atoms with Crippen LogP contribution in [0.2, 0.25) is 0 Å². The Morgan fingerprint density at radius 2 is 2.06 bits per heavy atom. The van der Waals surface area contributed by atoms with Crippen LogP contribution in [0, 0.1) is 13.8 Å². The van der Waals surface area contributed by atoms with E-state index in [0.29, 0.717) is 6.54 Å². The number of aryl methyl sites for hydroxylation is 2. The summed E-state index contributed by atoms with van der Waals surface area (Å²) in [6.45, 7) is 4.03. The Bertz CT molecular complexity index is 352. The summed E-state index contributed by atoms with van der Waals surface area (Å²) in [5.74, 6) is 0.752. The van der Waals surface area contributed by atoms with Gasteiger partial charge in [-0.25, -0.2) is 0 Å². The van der Waals surface area contributed by atoms with Crippen LogP contribution in [0.3, 0.4) is 0 Å². The first-order valence-corrected chi connectivity index (χ1v) is 5.26. The van der Waals surface area contributed by atoms with E-state index >= 15 is 0 Å². The molecule has 3 N–H and O–H groups in total. The monoisotopic (exact) mass is 225 g/mol. The molecule has 1 aromatic rings. The van der Waals surface area contributed by atoms with Crippen LogP contribution in [0.1, 0.15) is 11.1 Å². The van der Waals surface area contributed by atoms with Crippen molar-refractivity contribution in [1.29, 1.82) is 0 Å². The van der Waals surface area contributed by atoms with Gasteiger partial charge in [0.05, 0.1) is 25.5 Å². The SMILES string of the molecule is COc1cc(C)cc(C)c1NCC(O)CO. The molecule has 0 radical (unpaired) electrons. The number of ether oxygens (including phenoxy) is 1. The molecule has 0 aliphatic carbocycles. The lowest BCUT2D eigenvalue weighted by Gasteiger charge is -2.16. The average Bonchev–Trinajstić information content (AvgIpc) is 2.26. The van der Waals surface area contributed by atoms with Gasteiger partial charge in [0.2, 0.25) is 0 Å². The van der Waals surface area contributed by atoms with Crippen LogP contribution in [0.5, 0.6) is 5.75 Å². The zero-order valence-corrected chi connectivity index (χ0v) is 9.95. The van der Waals surface area contributed by atoms with Crippen molar-refractivity contribution in [2.24, 2.45) is 0 Å². The van der Waals surface area contributed by atoms with Gasteiger partial charge >= 0.3 is 0 Å². The van der Waals surface area contributed by atoms with Gasteiger partial charge in [-0.1, -0.05) is 6.07 Å². The summed E-state index contributed by atoms with van der Waals surface area (Å²) >= 11 is 0. The number of hydrogen-bond donors (Lipinski definition) is 3. The van der Waals surface area contributed by atoms with E-state index < -0.39 is 6.10 Å². The zero-order chi connectivity index (χ0) is 12.1. The Balaban J connectivity index is 2.85. The van der Waals surface area contributed by atoms with Crippen molar-refractivity contribution in [2.75, 3.05) is 25.6 Å². The van der Waals surface area contributed by atoms with Gasteiger partial charge in [-0.3, -0.25) is 0 Å². The van der Waals surface area contributed by atoms with Gasteiger partial charge in [0.15, 0.2) is 0 Å². The molecule has 0 saturated heterocycles. The highest BCUT2D eigenvalue weighted by Gasteiger charge is 2.09. The Labute approximate surface area is 95.9 Å². The lowest BCUT2D eigenvalue weighted by Crippen LogP contribution is -2.23. The molecule has 0 fully saturated rings. The summed E-state index contributed by atoms with van der Waals surface area (Å²) in [4.78, 5) is 0. The quantitative estimate of drug-likeness (QED) is 0.701. The van der Waals surface area contributed by atoms with Crippen LogP contribution in [-0.2, 0) is 0 Å². The predicted octanol–water partition coefficient (Wildman–Crippen LogP) is 1.08. The van der Waals surface area contributed by atoms with E-state index in [9.17, 15) is 5.11 Å². The van der Waals surface area contributed by atoms with Gasteiger partial charge in [0, 0.05) is 6.54 Å². The third-order valence-corrected chi connectivity index (χ3v) is 2.39. The standard InChI is InChI=1S/C12H19NO3/c1-8-4-9(2)12(11(5-8)16-3)13-6-10(15)7-14/h4-5,10,13-15H,6-7H2,1-3H3. The van der Waals surface area contributed by atoms with Crippen LogP contribution in [0.15, 0.2) is 12.1 Å². The number of aliphatic hydroxyl groups is 2. The average molecular weight is 225 g/mol. The molecule has 1 unspecified atom stereocenters. The topological polar surface area (TPSA) is 61.7 Å². The largest absolute Gasteiger partial charge is 0.495 e. The summed E-state index contributed by atoms with van der Waals surface area (Å²) in [5.41, 5.74) is 3.05. The molecule has 0 aromatic heterocycles. The van der Waals surface area contributed by atoms with E-state index in [4.69, 9.17) is 9.84 Å². The third kappa shape index (κ3) is 3.12. The molecular weight excluding hydrogens is 206 g/mol. The van der Waals surface area contributed by atoms with Crippen molar-refractivity contribution < 1.29 is 14.9 Å². The first-order valence-electron chi connectivity index (χ1n) is 5.26. The predicted molar refractivity (Wildman–Crippen MR) is 64.1 cm³/mol. The molecule has 0 saturated carbocycles. The zero-order valence-electron chi connectivity index (χ0n) is 9.95. The molecular formula is C12H19NO3. The summed E-state index contributed by atoms with van der Waals surface area (Å²) in [6.07, 6.45) is -0.759. The van der Waals surface area contributed by atoms with Gasteiger partial charge in [0.25, 0.3) is 0 Å².